The maximum Gasteiger partial charge on any atom is 0.253 e. The second kappa shape index (κ2) is 4.75. The average molecular weight is 179 g/mol. The Hall–Kier alpha value is -0.180. The molecule has 0 aromatic carbocycles. The van der Waals surface area contributed by atoms with Crippen LogP contribution in [0.2, 0.25) is 0 Å². The zero-order valence-electron chi connectivity index (χ0n) is 8.40. The third-order valence-electron chi connectivity index (χ3n) is 2.13. The quantitative estimate of drug-likeness (QED) is 0.552. The van der Waals surface area contributed by atoms with Crippen LogP contribution in [0.3, 0.4) is 0 Å². The molecule has 0 aromatic rings. The molecule has 1 fully saturated rings. The van der Waals surface area contributed by atoms with Crippen molar-refractivity contribution >= 4 is 0 Å². The van der Waals surface area contributed by atoms with Gasteiger partial charge in [0, 0.05) is 25.4 Å². The Labute approximate surface area is 73.7 Å². The largest absolute Gasteiger partial charge is 0.306 e. The number of piperidine rings is 1. The Balaban J connectivity index is 0.000000561. The minimum absolute atomic E-state index is 0.0185. The molecule has 0 aliphatic carbocycles. The van der Waals surface area contributed by atoms with Gasteiger partial charge in [-0.2, -0.15) is 0 Å². The fourth-order valence-corrected chi connectivity index (χ4v) is 1.28. The lowest BCUT2D eigenvalue weighted by atomic mass is 9.96. The first kappa shape index (κ1) is 11.8. The van der Waals surface area contributed by atoms with E-state index in [1.165, 1.54) is 0 Å². The molecule has 74 valence electrons. The van der Waals surface area contributed by atoms with Crippen molar-refractivity contribution in [2.45, 2.75) is 33.1 Å². The number of hydrogen-bond acceptors (Lipinski definition) is 1. The number of halogens is 2. The Kier molecular flexibility index (Phi) is 4.68. The van der Waals surface area contributed by atoms with Gasteiger partial charge in [-0.15, -0.1) is 0 Å². The van der Waals surface area contributed by atoms with Gasteiger partial charge in [0.2, 0.25) is 0 Å². The fraction of sp³-hybridized carbons (Fsp3) is 1.00. The average Bonchev–Trinajstić information content (AvgIpc) is 2.03. The van der Waals surface area contributed by atoms with Crippen molar-refractivity contribution in [2.24, 2.45) is 5.92 Å². The molecule has 0 N–H and O–H groups in total. The maximum absolute atomic E-state index is 12.7. The summed E-state index contributed by atoms with van der Waals surface area (Å²) in [6, 6.07) is 0. The van der Waals surface area contributed by atoms with E-state index in [9.17, 15) is 8.78 Å². The van der Waals surface area contributed by atoms with Crippen LogP contribution < -0.4 is 0 Å². The highest BCUT2D eigenvalue weighted by Gasteiger charge is 2.39. The summed E-state index contributed by atoms with van der Waals surface area (Å²) in [6.45, 7) is 6.65. The van der Waals surface area contributed by atoms with Crippen LogP contribution in [0.4, 0.5) is 8.78 Å². The van der Waals surface area contributed by atoms with E-state index in [0.29, 0.717) is 13.1 Å². The van der Waals surface area contributed by atoms with Crippen molar-refractivity contribution in [3.63, 3.8) is 0 Å². The van der Waals surface area contributed by atoms with E-state index >= 15 is 0 Å². The van der Waals surface area contributed by atoms with Crippen LogP contribution in [0.5, 0.6) is 0 Å². The molecule has 1 atom stereocenters. The topological polar surface area (TPSA) is 3.24 Å². The molecule has 0 aromatic heterocycles. The van der Waals surface area contributed by atoms with E-state index < -0.39 is 11.8 Å². The van der Waals surface area contributed by atoms with Gasteiger partial charge < -0.3 is 4.90 Å². The Morgan fingerprint density at radius 3 is 2.17 bits per heavy atom. The van der Waals surface area contributed by atoms with Crippen LogP contribution in [0.15, 0.2) is 0 Å². The molecule has 1 rings (SSSR count). The van der Waals surface area contributed by atoms with Gasteiger partial charge in [-0.1, -0.05) is 20.8 Å². The van der Waals surface area contributed by atoms with Crippen LogP contribution >= 0.6 is 0 Å². The Bertz CT molecular complexity index is 126. The number of hydrogen-bond donors (Lipinski definition) is 0. The summed E-state index contributed by atoms with van der Waals surface area (Å²) in [6.07, 6.45) is 0.0185. The molecular formula is C9H19F2N. The number of nitrogens with zero attached hydrogens (tertiary/aromatic N) is 1. The molecule has 12 heavy (non-hydrogen) atoms. The summed E-state index contributed by atoms with van der Waals surface area (Å²) in [5, 5.41) is 0. The van der Waals surface area contributed by atoms with Gasteiger partial charge in [0.25, 0.3) is 5.92 Å². The van der Waals surface area contributed by atoms with Crippen molar-refractivity contribution in [1.82, 2.24) is 4.90 Å². The first-order valence-electron chi connectivity index (χ1n) is 4.59. The molecule has 0 spiro atoms. The van der Waals surface area contributed by atoms with Crippen molar-refractivity contribution in [3.8, 4) is 0 Å². The van der Waals surface area contributed by atoms with Gasteiger partial charge in [-0.05, 0) is 7.05 Å². The Morgan fingerprint density at radius 2 is 1.83 bits per heavy atom. The zero-order chi connectivity index (χ0) is 9.78. The number of alkyl halides is 2. The first-order chi connectivity index (χ1) is 5.52. The van der Waals surface area contributed by atoms with E-state index in [2.05, 4.69) is 0 Å². The van der Waals surface area contributed by atoms with Crippen molar-refractivity contribution in [2.75, 3.05) is 20.1 Å². The lowest BCUT2D eigenvalue weighted by molar-refractivity contribution is -0.0945. The lowest BCUT2D eigenvalue weighted by Crippen LogP contribution is -2.43. The highest BCUT2D eigenvalue weighted by atomic mass is 19.3. The zero-order valence-corrected chi connectivity index (χ0v) is 8.40. The smallest absolute Gasteiger partial charge is 0.253 e. The highest BCUT2D eigenvalue weighted by molar-refractivity contribution is 4.81. The van der Waals surface area contributed by atoms with Gasteiger partial charge in [-0.25, -0.2) is 8.78 Å². The van der Waals surface area contributed by atoms with E-state index in [1.54, 1.807) is 6.92 Å². The number of rotatable bonds is 0. The summed E-state index contributed by atoms with van der Waals surface area (Å²) in [5.74, 6) is -2.90. The fourth-order valence-electron chi connectivity index (χ4n) is 1.28. The van der Waals surface area contributed by atoms with E-state index in [0.717, 1.165) is 0 Å². The summed E-state index contributed by atoms with van der Waals surface area (Å²) in [5.41, 5.74) is 0. The van der Waals surface area contributed by atoms with Crippen LogP contribution in [-0.4, -0.2) is 31.0 Å². The first-order valence-corrected chi connectivity index (χ1v) is 4.59. The van der Waals surface area contributed by atoms with Crippen LogP contribution in [-0.2, 0) is 0 Å². The minimum atomic E-state index is -2.42. The molecular weight excluding hydrogens is 160 g/mol. The van der Waals surface area contributed by atoms with Crippen LogP contribution in [0.1, 0.15) is 27.2 Å². The van der Waals surface area contributed by atoms with Crippen LogP contribution in [0.25, 0.3) is 0 Å². The van der Waals surface area contributed by atoms with Crippen molar-refractivity contribution in [1.29, 1.82) is 0 Å². The molecule has 0 saturated carbocycles. The standard InChI is InChI=1S/C7H13F2N.C2H6/c1-6-5-10(2)4-3-7(6,8)9;1-2/h6H,3-5H2,1-2H3;1-2H3. The molecule has 0 radical (unpaired) electrons. The normalized spacial score (nSPS) is 29.0. The summed E-state index contributed by atoms with van der Waals surface area (Å²) in [7, 11) is 1.88. The molecule has 1 heterocycles. The second-order valence-electron chi connectivity index (χ2n) is 3.17. The molecule has 1 saturated heterocycles. The molecule has 0 amide bonds. The summed E-state index contributed by atoms with van der Waals surface area (Å²) >= 11 is 0. The number of likely N-dealkylation sites (tertiary alicyclic amines) is 1. The van der Waals surface area contributed by atoms with Gasteiger partial charge in [0.1, 0.15) is 0 Å². The van der Waals surface area contributed by atoms with Crippen molar-refractivity contribution in [3.05, 3.63) is 0 Å². The molecule has 0 bridgehead atoms. The van der Waals surface area contributed by atoms with Crippen LogP contribution in [0, 0.1) is 5.92 Å². The maximum atomic E-state index is 12.7. The van der Waals surface area contributed by atoms with Gasteiger partial charge in [0.05, 0.1) is 0 Å². The van der Waals surface area contributed by atoms with E-state index in [-0.39, 0.29) is 6.42 Å². The second-order valence-corrected chi connectivity index (χ2v) is 3.17. The monoisotopic (exact) mass is 179 g/mol. The predicted molar refractivity (Wildman–Crippen MR) is 47.6 cm³/mol. The van der Waals surface area contributed by atoms with Gasteiger partial charge in [0.15, 0.2) is 0 Å². The van der Waals surface area contributed by atoms with E-state index in [1.807, 2.05) is 25.8 Å². The summed E-state index contributed by atoms with van der Waals surface area (Å²) < 4.78 is 25.5. The summed E-state index contributed by atoms with van der Waals surface area (Å²) in [4.78, 5) is 1.95. The molecule has 3 heteroatoms. The van der Waals surface area contributed by atoms with E-state index in [4.69, 9.17) is 0 Å². The Morgan fingerprint density at radius 1 is 1.33 bits per heavy atom. The lowest BCUT2D eigenvalue weighted by Gasteiger charge is -2.34. The third kappa shape index (κ3) is 3.05. The minimum Gasteiger partial charge on any atom is -0.306 e. The molecule has 1 aliphatic heterocycles. The molecule has 1 nitrogen and oxygen atoms in total. The van der Waals surface area contributed by atoms with Crippen molar-refractivity contribution < 1.29 is 8.78 Å². The van der Waals surface area contributed by atoms with Gasteiger partial charge >= 0.3 is 0 Å². The van der Waals surface area contributed by atoms with Gasteiger partial charge in [-0.3, -0.25) is 0 Å². The molecule has 1 unspecified atom stereocenters. The predicted octanol–water partition coefficient (Wildman–Crippen LogP) is 2.62. The third-order valence-corrected chi connectivity index (χ3v) is 2.13. The molecule has 1 aliphatic rings. The highest BCUT2D eigenvalue weighted by Crippen LogP contribution is 2.32. The SMILES string of the molecule is CC.CC1CN(C)CCC1(F)F.